The number of hydrogen-bond donors (Lipinski definition) is 1. The van der Waals surface area contributed by atoms with Crippen molar-refractivity contribution in [3.05, 3.63) is 20.7 Å². The number of Topliss-reactive ketones (excluding diaryl/α,β-unsaturated/α-hetero) is 1. The third-order valence-corrected chi connectivity index (χ3v) is 4.05. The summed E-state index contributed by atoms with van der Waals surface area (Å²) in [6, 6.07) is 0. The normalized spacial score (nSPS) is 20.5. The molecule has 1 fully saturated rings. The summed E-state index contributed by atoms with van der Waals surface area (Å²) in [7, 11) is 1.60. The molecule has 1 unspecified atom stereocenters. The highest BCUT2D eigenvalue weighted by molar-refractivity contribution is 8.00. The molecule has 1 aliphatic carbocycles. The monoisotopic (exact) mass is 255 g/mol. The SMILES string of the molecule is Cn1[nH]c(=O)c(=O)nc1SC1CCCCC1=O. The van der Waals surface area contributed by atoms with Gasteiger partial charge in [-0.05, 0) is 12.8 Å². The summed E-state index contributed by atoms with van der Waals surface area (Å²) in [5.74, 6) is 0.196. The molecular formula is C10H13N3O3S. The van der Waals surface area contributed by atoms with E-state index < -0.39 is 11.1 Å². The zero-order valence-corrected chi connectivity index (χ0v) is 10.2. The van der Waals surface area contributed by atoms with Gasteiger partial charge in [0.25, 0.3) is 0 Å². The van der Waals surface area contributed by atoms with Gasteiger partial charge in [0.1, 0.15) is 5.78 Å². The zero-order chi connectivity index (χ0) is 12.4. The minimum Gasteiger partial charge on any atom is -0.298 e. The van der Waals surface area contributed by atoms with Crippen LogP contribution in [-0.2, 0) is 11.8 Å². The first kappa shape index (κ1) is 12.1. The summed E-state index contributed by atoms with van der Waals surface area (Å²) in [6.07, 6.45) is 3.35. The van der Waals surface area contributed by atoms with Gasteiger partial charge in [0.2, 0.25) is 0 Å². The molecule has 0 saturated heterocycles. The number of aromatic amines is 1. The van der Waals surface area contributed by atoms with Crippen molar-refractivity contribution in [2.75, 3.05) is 0 Å². The van der Waals surface area contributed by atoms with E-state index in [0.717, 1.165) is 19.3 Å². The first-order valence-electron chi connectivity index (χ1n) is 5.44. The molecule has 7 heteroatoms. The van der Waals surface area contributed by atoms with Crippen molar-refractivity contribution in [3.63, 3.8) is 0 Å². The average molecular weight is 255 g/mol. The van der Waals surface area contributed by atoms with Crippen LogP contribution in [0.5, 0.6) is 0 Å². The van der Waals surface area contributed by atoms with Crippen LogP contribution >= 0.6 is 11.8 Å². The van der Waals surface area contributed by atoms with E-state index in [1.807, 2.05) is 0 Å². The lowest BCUT2D eigenvalue weighted by Gasteiger charge is -2.19. The van der Waals surface area contributed by atoms with Crippen LogP contribution in [0, 0.1) is 0 Å². The van der Waals surface area contributed by atoms with Crippen molar-refractivity contribution in [2.24, 2.45) is 7.05 Å². The Kier molecular flexibility index (Phi) is 3.46. The van der Waals surface area contributed by atoms with E-state index in [1.165, 1.54) is 16.4 Å². The van der Waals surface area contributed by atoms with Crippen LogP contribution in [-0.4, -0.2) is 25.8 Å². The van der Waals surface area contributed by atoms with Gasteiger partial charge in [0, 0.05) is 13.5 Å². The molecule has 1 N–H and O–H groups in total. The minimum absolute atomic E-state index is 0.146. The topological polar surface area (TPSA) is 84.8 Å². The van der Waals surface area contributed by atoms with E-state index in [2.05, 4.69) is 10.1 Å². The van der Waals surface area contributed by atoms with Crippen molar-refractivity contribution >= 4 is 17.5 Å². The van der Waals surface area contributed by atoms with Gasteiger partial charge in [-0.1, -0.05) is 18.2 Å². The fraction of sp³-hybridized carbons (Fsp3) is 0.600. The van der Waals surface area contributed by atoms with Crippen LogP contribution in [0.1, 0.15) is 25.7 Å². The second-order valence-corrected chi connectivity index (χ2v) is 5.19. The smallest absolute Gasteiger partial charge is 0.298 e. The number of aromatic nitrogens is 3. The predicted octanol–water partition coefficient (Wildman–Crippen LogP) is 0.0724. The van der Waals surface area contributed by atoms with E-state index in [9.17, 15) is 14.4 Å². The third-order valence-electron chi connectivity index (χ3n) is 2.69. The van der Waals surface area contributed by atoms with Gasteiger partial charge < -0.3 is 0 Å². The highest BCUT2D eigenvalue weighted by atomic mass is 32.2. The average Bonchev–Trinajstić information content (AvgIpc) is 2.29. The molecule has 0 bridgehead atoms. The minimum atomic E-state index is -0.811. The molecule has 1 heterocycles. The number of nitrogens with zero attached hydrogens (tertiary/aromatic N) is 2. The lowest BCUT2D eigenvalue weighted by molar-refractivity contribution is -0.119. The number of rotatable bonds is 2. The number of nitrogens with one attached hydrogen (secondary N) is 1. The molecule has 17 heavy (non-hydrogen) atoms. The van der Waals surface area contributed by atoms with E-state index >= 15 is 0 Å². The molecular weight excluding hydrogens is 242 g/mol. The lowest BCUT2D eigenvalue weighted by atomic mass is 9.99. The zero-order valence-electron chi connectivity index (χ0n) is 9.43. The number of carbonyl (C=O) groups excluding carboxylic acids is 1. The van der Waals surface area contributed by atoms with Crippen molar-refractivity contribution in [2.45, 2.75) is 36.1 Å². The number of carbonyl (C=O) groups is 1. The molecule has 1 aromatic heterocycles. The van der Waals surface area contributed by atoms with Crippen LogP contribution in [0.25, 0.3) is 0 Å². The Morgan fingerprint density at radius 1 is 1.35 bits per heavy atom. The maximum absolute atomic E-state index is 11.7. The molecule has 1 aliphatic rings. The largest absolute Gasteiger partial charge is 0.339 e. The van der Waals surface area contributed by atoms with E-state index in [4.69, 9.17) is 0 Å². The Bertz CT molecular complexity index is 548. The molecule has 0 aromatic carbocycles. The standard InChI is InChI=1S/C10H13N3O3S/c1-13-10(11-8(15)9(16)12-13)17-7-5-3-2-4-6(7)14/h7H,2-5H2,1H3,(H,12,16). The third kappa shape index (κ3) is 2.66. The number of ketones is 1. The Morgan fingerprint density at radius 2 is 2.12 bits per heavy atom. The van der Waals surface area contributed by atoms with Gasteiger partial charge in [-0.25, -0.2) is 0 Å². The second-order valence-electron chi connectivity index (χ2n) is 4.02. The quantitative estimate of drug-likeness (QED) is 0.756. The fourth-order valence-electron chi connectivity index (χ4n) is 1.77. The Morgan fingerprint density at radius 3 is 2.82 bits per heavy atom. The summed E-state index contributed by atoms with van der Waals surface area (Å²) in [6.45, 7) is 0. The molecule has 92 valence electrons. The molecule has 1 aromatic rings. The Balaban J connectivity index is 2.23. The van der Waals surface area contributed by atoms with Crippen molar-refractivity contribution in [1.82, 2.24) is 14.8 Å². The van der Waals surface area contributed by atoms with Crippen LogP contribution in [0.2, 0.25) is 0 Å². The van der Waals surface area contributed by atoms with Crippen molar-refractivity contribution in [1.29, 1.82) is 0 Å². The molecule has 1 saturated carbocycles. The number of H-pyrrole nitrogens is 1. The van der Waals surface area contributed by atoms with Crippen LogP contribution in [0.3, 0.4) is 0 Å². The summed E-state index contributed by atoms with van der Waals surface area (Å²) in [5, 5.41) is 2.60. The number of thioether (sulfide) groups is 1. The first-order valence-corrected chi connectivity index (χ1v) is 6.32. The van der Waals surface area contributed by atoms with Crippen molar-refractivity contribution < 1.29 is 4.79 Å². The summed E-state index contributed by atoms with van der Waals surface area (Å²) >= 11 is 1.25. The first-order chi connectivity index (χ1) is 8.08. The van der Waals surface area contributed by atoms with E-state index in [0.29, 0.717) is 11.6 Å². The number of hydrogen-bond acceptors (Lipinski definition) is 5. The van der Waals surface area contributed by atoms with Gasteiger partial charge in [0.05, 0.1) is 5.25 Å². The summed E-state index contributed by atoms with van der Waals surface area (Å²) in [5.41, 5.74) is -1.55. The van der Waals surface area contributed by atoms with Gasteiger partial charge in [-0.3, -0.25) is 24.2 Å². The lowest BCUT2D eigenvalue weighted by Crippen LogP contribution is -2.34. The molecule has 1 atom stereocenters. The highest BCUT2D eigenvalue weighted by Gasteiger charge is 2.24. The Hall–Kier alpha value is -1.37. The molecule has 0 aliphatic heterocycles. The maximum atomic E-state index is 11.7. The number of aryl methyl sites for hydroxylation is 1. The molecule has 2 rings (SSSR count). The second kappa shape index (κ2) is 4.87. The van der Waals surface area contributed by atoms with Crippen molar-refractivity contribution in [3.8, 4) is 0 Å². The molecule has 0 radical (unpaired) electrons. The van der Waals surface area contributed by atoms with Gasteiger partial charge in [0.15, 0.2) is 5.16 Å². The van der Waals surface area contributed by atoms with E-state index in [-0.39, 0.29) is 11.0 Å². The summed E-state index contributed by atoms with van der Waals surface area (Å²) in [4.78, 5) is 37.5. The summed E-state index contributed by atoms with van der Waals surface area (Å²) < 4.78 is 1.39. The molecule has 6 nitrogen and oxygen atoms in total. The maximum Gasteiger partial charge on any atom is 0.339 e. The fourth-order valence-corrected chi connectivity index (χ4v) is 2.90. The predicted molar refractivity (Wildman–Crippen MR) is 63.2 cm³/mol. The molecule has 0 amide bonds. The van der Waals surface area contributed by atoms with Crippen LogP contribution in [0.15, 0.2) is 14.7 Å². The van der Waals surface area contributed by atoms with Gasteiger partial charge >= 0.3 is 11.1 Å². The Labute approximate surface area is 101 Å². The van der Waals surface area contributed by atoms with Crippen LogP contribution in [0.4, 0.5) is 0 Å². The van der Waals surface area contributed by atoms with Gasteiger partial charge in [-0.15, -0.1) is 0 Å². The van der Waals surface area contributed by atoms with Gasteiger partial charge in [-0.2, -0.15) is 4.98 Å². The highest BCUT2D eigenvalue weighted by Crippen LogP contribution is 2.29. The van der Waals surface area contributed by atoms with E-state index in [1.54, 1.807) is 7.05 Å². The van der Waals surface area contributed by atoms with Crippen LogP contribution < -0.4 is 11.1 Å². The molecule has 0 spiro atoms.